The highest BCUT2D eigenvalue weighted by Crippen LogP contribution is 2.30. The summed E-state index contributed by atoms with van der Waals surface area (Å²) in [5.41, 5.74) is 0.619. The maximum absolute atomic E-state index is 14.8. The van der Waals surface area contributed by atoms with Crippen LogP contribution in [-0.2, 0) is 10.0 Å². The van der Waals surface area contributed by atoms with E-state index in [0.717, 1.165) is 6.26 Å². The summed E-state index contributed by atoms with van der Waals surface area (Å²) in [6, 6.07) is 16.2. The average Bonchev–Trinajstić information content (AvgIpc) is 3.18. The molecule has 0 atom stereocenters. The lowest BCUT2D eigenvalue weighted by atomic mass is 10.0. The first-order valence-corrected chi connectivity index (χ1v) is 11.4. The van der Waals surface area contributed by atoms with Crippen molar-refractivity contribution in [2.45, 2.75) is 0 Å². The van der Waals surface area contributed by atoms with Crippen LogP contribution in [0, 0.1) is 23.0 Å². The molecule has 0 saturated carbocycles. The van der Waals surface area contributed by atoms with E-state index in [2.05, 4.69) is 15.0 Å². The van der Waals surface area contributed by atoms with Crippen molar-refractivity contribution in [3.8, 4) is 17.2 Å². The second-order valence-corrected chi connectivity index (χ2v) is 9.04. The van der Waals surface area contributed by atoms with Crippen LogP contribution in [0.2, 0.25) is 0 Å². The molecule has 1 amide bonds. The molecule has 0 radical (unpaired) electrons. The monoisotopic (exact) mass is 466 g/mol. The molecule has 0 spiro atoms. The summed E-state index contributed by atoms with van der Waals surface area (Å²) in [7, 11) is -3.48. The van der Waals surface area contributed by atoms with Gasteiger partial charge in [0, 0.05) is 16.5 Å². The van der Waals surface area contributed by atoms with Gasteiger partial charge in [-0.05, 0) is 42.0 Å². The molecule has 4 rings (SSSR count). The number of fused-ring (bicyclic) bond motifs is 1. The van der Waals surface area contributed by atoms with Crippen molar-refractivity contribution in [3.63, 3.8) is 0 Å². The SMILES string of the molecule is CS(=O)(=O)Nc1ccc2cc(C(=O)Nc3cc(-c4ccccc4F)cc(C#N)c3F)[nH]c2c1. The maximum Gasteiger partial charge on any atom is 0.272 e. The molecule has 4 aromatic rings. The van der Waals surface area contributed by atoms with E-state index < -0.39 is 27.6 Å². The summed E-state index contributed by atoms with van der Waals surface area (Å²) in [5.74, 6) is -2.20. The van der Waals surface area contributed by atoms with Crippen molar-refractivity contribution in [3.05, 3.63) is 83.6 Å². The number of hydrogen-bond acceptors (Lipinski definition) is 4. The van der Waals surface area contributed by atoms with Crippen LogP contribution < -0.4 is 10.0 Å². The summed E-state index contributed by atoms with van der Waals surface area (Å²) < 4.78 is 54.1. The number of halogens is 2. The van der Waals surface area contributed by atoms with Crippen LogP contribution >= 0.6 is 0 Å². The summed E-state index contributed by atoms with van der Waals surface area (Å²) in [5, 5.41) is 12.3. The number of aromatic nitrogens is 1. The van der Waals surface area contributed by atoms with Gasteiger partial charge in [-0.25, -0.2) is 17.2 Å². The van der Waals surface area contributed by atoms with E-state index in [9.17, 15) is 27.3 Å². The van der Waals surface area contributed by atoms with Gasteiger partial charge in [0.15, 0.2) is 5.82 Å². The van der Waals surface area contributed by atoms with E-state index in [0.29, 0.717) is 16.6 Å². The lowest BCUT2D eigenvalue weighted by Gasteiger charge is -2.10. The van der Waals surface area contributed by atoms with E-state index in [1.807, 2.05) is 0 Å². The number of carbonyl (C=O) groups is 1. The largest absolute Gasteiger partial charge is 0.350 e. The Labute approximate surface area is 187 Å². The zero-order chi connectivity index (χ0) is 23.8. The predicted octanol–water partition coefficient (Wildman–Crippen LogP) is 4.61. The lowest BCUT2D eigenvalue weighted by molar-refractivity contribution is 0.102. The number of aromatic amines is 1. The van der Waals surface area contributed by atoms with Crippen LogP contribution in [0.15, 0.2) is 60.7 Å². The number of nitriles is 1. The molecule has 0 saturated heterocycles. The number of nitrogens with zero attached hydrogens (tertiary/aromatic N) is 1. The number of rotatable bonds is 5. The van der Waals surface area contributed by atoms with E-state index >= 15 is 0 Å². The van der Waals surface area contributed by atoms with Gasteiger partial charge in [0.05, 0.1) is 23.2 Å². The molecule has 3 aromatic carbocycles. The molecule has 0 bridgehead atoms. The van der Waals surface area contributed by atoms with Crippen LogP contribution in [0.4, 0.5) is 20.2 Å². The summed E-state index contributed by atoms with van der Waals surface area (Å²) >= 11 is 0. The zero-order valence-corrected chi connectivity index (χ0v) is 17.9. The molecule has 1 aromatic heterocycles. The lowest BCUT2D eigenvalue weighted by Crippen LogP contribution is -2.14. The molecule has 1 heterocycles. The third-order valence-electron chi connectivity index (χ3n) is 4.80. The minimum Gasteiger partial charge on any atom is -0.350 e. The molecular weight excluding hydrogens is 450 g/mol. The Bertz CT molecular complexity index is 1560. The van der Waals surface area contributed by atoms with E-state index in [4.69, 9.17) is 0 Å². The van der Waals surface area contributed by atoms with Crippen molar-refractivity contribution in [2.75, 3.05) is 16.3 Å². The van der Waals surface area contributed by atoms with Gasteiger partial charge >= 0.3 is 0 Å². The van der Waals surface area contributed by atoms with Gasteiger partial charge in [-0.3, -0.25) is 9.52 Å². The van der Waals surface area contributed by atoms with E-state index in [1.165, 1.54) is 48.5 Å². The van der Waals surface area contributed by atoms with Gasteiger partial charge in [-0.1, -0.05) is 24.3 Å². The molecule has 0 unspecified atom stereocenters. The van der Waals surface area contributed by atoms with Crippen molar-refractivity contribution < 1.29 is 22.0 Å². The fourth-order valence-electron chi connectivity index (χ4n) is 3.36. The Morgan fingerprint density at radius 2 is 1.82 bits per heavy atom. The number of hydrogen-bond donors (Lipinski definition) is 3. The second kappa shape index (κ2) is 8.37. The molecule has 3 N–H and O–H groups in total. The van der Waals surface area contributed by atoms with Crippen LogP contribution in [0.5, 0.6) is 0 Å². The van der Waals surface area contributed by atoms with E-state index in [-0.39, 0.29) is 28.1 Å². The number of anilines is 2. The van der Waals surface area contributed by atoms with Crippen LogP contribution in [-0.4, -0.2) is 25.6 Å². The first kappa shape index (κ1) is 22.0. The Kier molecular flexibility index (Phi) is 5.57. The van der Waals surface area contributed by atoms with Gasteiger partial charge in [0.2, 0.25) is 10.0 Å². The minimum absolute atomic E-state index is 0.0794. The predicted molar refractivity (Wildman–Crippen MR) is 121 cm³/mol. The highest BCUT2D eigenvalue weighted by atomic mass is 32.2. The summed E-state index contributed by atoms with van der Waals surface area (Å²) in [6.45, 7) is 0. The normalized spacial score (nSPS) is 11.2. The number of benzene rings is 3. The Hall–Kier alpha value is -4.23. The second-order valence-electron chi connectivity index (χ2n) is 7.29. The average molecular weight is 466 g/mol. The quantitative estimate of drug-likeness (QED) is 0.398. The van der Waals surface area contributed by atoms with Gasteiger partial charge in [0.25, 0.3) is 5.91 Å². The third-order valence-corrected chi connectivity index (χ3v) is 5.40. The number of sulfonamides is 1. The maximum atomic E-state index is 14.8. The molecule has 33 heavy (non-hydrogen) atoms. The summed E-state index contributed by atoms with van der Waals surface area (Å²) in [4.78, 5) is 15.6. The number of amides is 1. The zero-order valence-electron chi connectivity index (χ0n) is 17.1. The minimum atomic E-state index is -3.48. The standard InChI is InChI=1S/C23H16F2N4O3S/c1-33(31,32)29-16-7-6-13-9-21(27-19(13)11-16)23(30)28-20-10-14(8-15(12-26)22(20)25)17-4-2-3-5-18(17)24/h2-11,27,29H,1H3,(H,28,30). The van der Waals surface area contributed by atoms with Gasteiger partial charge in [-0.15, -0.1) is 0 Å². The molecule has 0 aliphatic heterocycles. The molecule has 166 valence electrons. The fraction of sp³-hybridized carbons (Fsp3) is 0.0435. The van der Waals surface area contributed by atoms with Crippen LogP contribution in [0.25, 0.3) is 22.0 Å². The molecule has 0 fully saturated rings. The topological polar surface area (TPSA) is 115 Å². The highest BCUT2D eigenvalue weighted by molar-refractivity contribution is 7.92. The first-order valence-electron chi connectivity index (χ1n) is 9.55. The Morgan fingerprint density at radius 1 is 1.06 bits per heavy atom. The van der Waals surface area contributed by atoms with Crippen molar-refractivity contribution >= 4 is 38.2 Å². The molecule has 0 aliphatic rings. The van der Waals surface area contributed by atoms with Gasteiger partial charge in [0.1, 0.15) is 17.6 Å². The summed E-state index contributed by atoms with van der Waals surface area (Å²) in [6.07, 6.45) is 1.02. The van der Waals surface area contributed by atoms with Crippen molar-refractivity contribution in [1.82, 2.24) is 4.98 Å². The molecule has 0 aliphatic carbocycles. The van der Waals surface area contributed by atoms with E-state index in [1.54, 1.807) is 18.2 Å². The van der Waals surface area contributed by atoms with Gasteiger partial charge < -0.3 is 10.3 Å². The fourth-order valence-corrected chi connectivity index (χ4v) is 3.92. The highest BCUT2D eigenvalue weighted by Gasteiger charge is 2.18. The first-order chi connectivity index (χ1) is 15.6. The van der Waals surface area contributed by atoms with Gasteiger partial charge in [-0.2, -0.15) is 5.26 Å². The third kappa shape index (κ3) is 4.68. The van der Waals surface area contributed by atoms with Crippen molar-refractivity contribution in [2.24, 2.45) is 0 Å². The van der Waals surface area contributed by atoms with Crippen LogP contribution in [0.3, 0.4) is 0 Å². The molecule has 10 heteroatoms. The Balaban J connectivity index is 1.68. The smallest absolute Gasteiger partial charge is 0.272 e. The van der Waals surface area contributed by atoms with Crippen LogP contribution in [0.1, 0.15) is 16.1 Å². The van der Waals surface area contributed by atoms with Crippen molar-refractivity contribution in [1.29, 1.82) is 5.26 Å². The molecule has 7 nitrogen and oxygen atoms in total. The molecular formula is C23H16F2N4O3S. The number of nitrogens with one attached hydrogen (secondary N) is 3. The Morgan fingerprint density at radius 3 is 2.52 bits per heavy atom. The number of carbonyl (C=O) groups excluding carboxylic acids is 1. The number of H-pyrrole nitrogens is 1.